The Hall–Kier alpha value is -1.70. The molecule has 0 aliphatic carbocycles. The van der Waals surface area contributed by atoms with Gasteiger partial charge in [-0.25, -0.2) is 0 Å². The molecule has 2 heteroatoms. The van der Waals surface area contributed by atoms with Gasteiger partial charge in [-0.15, -0.1) is 0 Å². The molecule has 0 aliphatic heterocycles. The van der Waals surface area contributed by atoms with Crippen LogP contribution in [0.1, 0.15) is 18.2 Å². The van der Waals surface area contributed by atoms with Gasteiger partial charge in [0.15, 0.2) is 0 Å². The summed E-state index contributed by atoms with van der Waals surface area (Å²) in [5.41, 5.74) is 1.23. The predicted octanol–water partition coefficient (Wildman–Crippen LogP) is 3.42. The Balaban J connectivity index is 2.04. The molecule has 0 unspecified atom stereocenters. The first kappa shape index (κ1) is 9.84. The van der Waals surface area contributed by atoms with Crippen molar-refractivity contribution in [3.63, 3.8) is 0 Å². The molecular weight excluding hydrogens is 188 g/mol. The molecule has 1 aromatic carbocycles. The number of hydrogen-bond donors (Lipinski definition) is 0. The Labute approximate surface area is 89.5 Å². The van der Waals surface area contributed by atoms with Crippen molar-refractivity contribution in [1.29, 1.82) is 0 Å². The highest BCUT2D eigenvalue weighted by Crippen LogP contribution is 2.19. The Morgan fingerprint density at radius 3 is 2.73 bits per heavy atom. The summed E-state index contributed by atoms with van der Waals surface area (Å²) in [6.45, 7) is 2.61. The van der Waals surface area contributed by atoms with Crippen molar-refractivity contribution in [3.8, 4) is 5.75 Å². The second-order valence-corrected chi connectivity index (χ2v) is 3.33. The van der Waals surface area contributed by atoms with Crippen molar-refractivity contribution >= 4 is 0 Å². The highest BCUT2D eigenvalue weighted by atomic mass is 16.5. The lowest BCUT2D eigenvalue weighted by Gasteiger charge is -2.08. The summed E-state index contributed by atoms with van der Waals surface area (Å²) in [4.78, 5) is 0. The van der Waals surface area contributed by atoms with Crippen LogP contribution < -0.4 is 4.74 Å². The van der Waals surface area contributed by atoms with Crippen molar-refractivity contribution in [1.82, 2.24) is 0 Å². The second kappa shape index (κ2) is 4.69. The van der Waals surface area contributed by atoms with E-state index in [1.807, 2.05) is 30.3 Å². The first-order valence-electron chi connectivity index (χ1n) is 5.13. The van der Waals surface area contributed by atoms with Gasteiger partial charge >= 0.3 is 0 Å². The Kier molecular flexibility index (Phi) is 3.08. The molecule has 0 amide bonds. The largest absolute Gasteiger partial charge is 0.485 e. The van der Waals surface area contributed by atoms with Crippen LogP contribution in [0.2, 0.25) is 0 Å². The minimum Gasteiger partial charge on any atom is -0.485 e. The topological polar surface area (TPSA) is 22.4 Å². The number of aryl methyl sites for hydroxylation is 1. The molecule has 0 bridgehead atoms. The molecule has 78 valence electrons. The number of para-hydroxylation sites is 1. The van der Waals surface area contributed by atoms with E-state index in [2.05, 4.69) is 13.0 Å². The SMILES string of the molecule is CCc1ccccc1OCc1ccco1. The van der Waals surface area contributed by atoms with Crippen molar-refractivity contribution in [2.24, 2.45) is 0 Å². The number of ether oxygens (including phenoxy) is 1. The molecule has 1 heterocycles. The fourth-order valence-electron chi connectivity index (χ4n) is 1.48. The summed E-state index contributed by atoms with van der Waals surface area (Å²) in [5.74, 6) is 1.79. The number of rotatable bonds is 4. The van der Waals surface area contributed by atoms with E-state index >= 15 is 0 Å². The minimum absolute atomic E-state index is 0.490. The zero-order valence-electron chi connectivity index (χ0n) is 8.77. The van der Waals surface area contributed by atoms with Crippen LogP contribution in [0.5, 0.6) is 5.75 Å². The molecule has 2 rings (SSSR count). The normalized spacial score (nSPS) is 10.2. The van der Waals surface area contributed by atoms with E-state index in [1.165, 1.54) is 5.56 Å². The van der Waals surface area contributed by atoms with Crippen molar-refractivity contribution in [3.05, 3.63) is 54.0 Å². The second-order valence-electron chi connectivity index (χ2n) is 3.33. The summed E-state index contributed by atoms with van der Waals surface area (Å²) in [5, 5.41) is 0. The maximum atomic E-state index is 5.68. The van der Waals surface area contributed by atoms with E-state index < -0.39 is 0 Å². The lowest BCUT2D eigenvalue weighted by molar-refractivity contribution is 0.268. The van der Waals surface area contributed by atoms with E-state index in [1.54, 1.807) is 6.26 Å². The first-order valence-corrected chi connectivity index (χ1v) is 5.13. The molecule has 1 aromatic heterocycles. The van der Waals surface area contributed by atoms with Crippen LogP contribution in [-0.2, 0) is 13.0 Å². The van der Waals surface area contributed by atoms with Crippen LogP contribution in [-0.4, -0.2) is 0 Å². The van der Waals surface area contributed by atoms with Crippen LogP contribution in [0.15, 0.2) is 47.1 Å². The van der Waals surface area contributed by atoms with E-state index in [0.717, 1.165) is 17.9 Å². The van der Waals surface area contributed by atoms with Crippen LogP contribution in [0, 0.1) is 0 Å². The molecule has 0 N–H and O–H groups in total. The summed E-state index contributed by atoms with van der Waals surface area (Å²) in [7, 11) is 0. The lowest BCUT2D eigenvalue weighted by Crippen LogP contribution is -1.96. The van der Waals surface area contributed by atoms with Gasteiger partial charge in [-0.05, 0) is 30.2 Å². The molecular formula is C13H14O2. The Morgan fingerprint density at radius 1 is 1.13 bits per heavy atom. The molecule has 0 saturated heterocycles. The van der Waals surface area contributed by atoms with Crippen LogP contribution >= 0.6 is 0 Å². The third-order valence-electron chi connectivity index (χ3n) is 2.30. The van der Waals surface area contributed by atoms with Gasteiger partial charge in [-0.1, -0.05) is 25.1 Å². The molecule has 0 fully saturated rings. The highest BCUT2D eigenvalue weighted by molar-refractivity contribution is 5.33. The maximum Gasteiger partial charge on any atom is 0.146 e. The Morgan fingerprint density at radius 2 is 2.00 bits per heavy atom. The molecule has 0 saturated carbocycles. The third-order valence-corrected chi connectivity index (χ3v) is 2.30. The van der Waals surface area contributed by atoms with Gasteiger partial charge in [-0.3, -0.25) is 0 Å². The number of benzene rings is 1. The summed E-state index contributed by atoms with van der Waals surface area (Å²) in [6, 6.07) is 11.9. The van der Waals surface area contributed by atoms with E-state index in [-0.39, 0.29) is 0 Å². The average Bonchev–Trinajstić information content (AvgIpc) is 2.79. The molecule has 0 spiro atoms. The lowest BCUT2D eigenvalue weighted by atomic mass is 10.1. The van der Waals surface area contributed by atoms with E-state index in [9.17, 15) is 0 Å². The van der Waals surface area contributed by atoms with Gasteiger partial charge in [-0.2, -0.15) is 0 Å². The summed E-state index contributed by atoms with van der Waals surface area (Å²) < 4.78 is 10.9. The van der Waals surface area contributed by atoms with Crippen molar-refractivity contribution in [2.75, 3.05) is 0 Å². The zero-order valence-corrected chi connectivity index (χ0v) is 8.77. The van der Waals surface area contributed by atoms with Gasteiger partial charge in [0.1, 0.15) is 18.1 Å². The smallest absolute Gasteiger partial charge is 0.146 e. The highest BCUT2D eigenvalue weighted by Gasteiger charge is 2.01. The molecule has 2 aromatic rings. The van der Waals surface area contributed by atoms with E-state index in [0.29, 0.717) is 6.61 Å². The quantitative estimate of drug-likeness (QED) is 0.758. The summed E-state index contributed by atoms with van der Waals surface area (Å²) in [6.07, 6.45) is 2.64. The van der Waals surface area contributed by atoms with Gasteiger partial charge < -0.3 is 9.15 Å². The first-order chi connectivity index (χ1) is 7.40. The predicted molar refractivity (Wildman–Crippen MR) is 58.9 cm³/mol. The van der Waals surface area contributed by atoms with Gasteiger partial charge in [0.2, 0.25) is 0 Å². The van der Waals surface area contributed by atoms with Crippen molar-refractivity contribution < 1.29 is 9.15 Å². The van der Waals surface area contributed by atoms with E-state index in [4.69, 9.17) is 9.15 Å². The fourth-order valence-corrected chi connectivity index (χ4v) is 1.48. The monoisotopic (exact) mass is 202 g/mol. The standard InChI is InChI=1S/C13H14O2/c1-2-11-6-3-4-8-13(11)15-10-12-7-5-9-14-12/h3-9H,2,10H2,1H3. The molecule has 2 nitrogen and oxygen atoms in total. The third kappa shape index (κ3) is 2.40. The van der Waals surface area contributed by atoms with Crippen LogP contribution in [0.3, 0.4) is 0 Å². The van der Waals surface area contributed by atoms with Crippen LogP contribution in [0.4, 0.5) is 0 Å². The minimum atomic E-state index is 0.490. The number of furan rings is 1. The van der Waals surface area contributed by atoms with Gasteiger partial charge in [0.25, 0.3) is 0 Å². The molecule has 15 heavy (non-hydrogen) atoms. The maximum absolute atomic E-state index is 5.68. The molecule has 0 aliphatic rings. The van der Waals surface area contributed by atoms with Gasteiger partial charge in [0, 0.05) is 0 Å². The van der Waals surface area contributed by atoms with Crippen LogP contribution in [0.25, 0.3) is 0 Å². The fraction of sp³-hybridized carbons (Fsp3) is 0.231. The number of hydrogen-bond acceptors (Lipinski definition) is 2. The molecule has 0 atom stereocenters. The van der Waals surface area contributed by atoms with Crippen molar-refractivity contribution in [2.45, 2.75) is 20.0 Å². The van der Waals surface area contributed by atoms with Gasteiger partial charge in [0.05, 0.1) is 6.26 Å². The average molecular weight is 202 g/mol. The summed E-state index contributed by atoms with van der Waals surface area (Å²) >= 11 is 0. The Bertz CT molecular complexity index is 404. The molecule has 0 radical (unpaired) electrons. The zero-order chi connectivity index (χ0) is 10.5.